The first-order chi connectivity index (χ1) is 14.9. The predicted octanol–water partition coefficient (Wildman–Crippen LogP) is 3.70. The molecular weight excluding hydrogens is 390 g/mol. The van der Waals surface area contributed by atoms with Gasteiger partial charge < -0.3 is 4.52 Å². The van der Waals surface area contributed by atoms with Crippen molar-refractivity contribution in [3.8, 4) is 0 Å². The minimum atomic E-state index is 0.218. The summed E-state index contributed by atoms with van der Waals surface area (Å²) in [5.41, 5.74) is 4.68. The lowest BCUT2D eigenvalue weighted by atomic mass is 9.42. The maximum Gasteiger partial charge on any atom is 0.170 e. The maximum atomic E-state index is 5.63. The van der Waals surface area contributed by atoms with Crippen molar-refractivity contribution >= 4 is 16.7 Å². The molecule has 4 aliphatic carbocycles. The highest BCUT2D eigenvalue weighted by Gasteiger charge is 2.59. The zero-order valence-corrected chi connectivity index (χ0v) is 18.3. The lowest BCUT2D eigenvalue weighted by Crippen LogP contribution is -2.55. The summed E-state index contributed by atoms with van der Waals surface area (Å²) in [5.74, 6) is 3.54. The van der Waals surface area contributed by atoms with Crippen LogP contribution in [-0.4, -0.2) is 34.5 Å². The summed E-state index contributed by atoms with van der Waals surface area (Å²) in [7, 11) is 1.91. The molecule has 0 aliphatic heterocycles. The molecule has 8 heteroatoms. The highest BCUT2D eigenvalue weighted by atomic mass is 16.5. The molecule has 0 amide bonds. The Morgan fingerprint density at radius 3 is 2.68 bits per heavy atom. The van der Waals surface area contributed by atoms with Crippen molar-refractivity contribution in [2.24, 2.45) is 24.3 Å². The molecule has 0 unspecified atom stereocenters. The molecule has 31 heavy (non-hydrogen) atoms. The SMILES string of the molecule is Cc1noc(C)c1C12C[C@H]3C[C@@H](CC(Cc4nc5c6cnn(C)c6ncn5n4)(C3)C1)C2. The van der Waals surface area contributed by atoms with Gasteiger partial charge in [0.25, 0.3) is 0 Å². The van der Waals surface area contributed by atoms with Crippen molar-refractivity contribution in [2.45, 2.75) is 64.2 Å². The predicted molar refractivity (Wildman–Crippen MR) is 114 cm³/mol. The lowest BCUT2D eigenvalue weighted by Gasteiger charge is -2.62. The van der Waals surface area contributed by atoms with E-state index in [1.807, 2.05) is 17.8 Å². The van der Waals surface area contributed by atoms with E-state index in [-0.39, 0.29) is 10.8 Å². The minimum absolute atomic E-state index is 0.218. The second kappa shape index (κ2) is 5.72. The molecule has 4 heterocycles. The Kier molecular flexibility index (Phi) is 3.30. The van der Waals surface area contributed by atoms with Crippen LogP contribution < -0.4 is 0 Å². The molecule has 4 aromatic heterocycles. The average Bonchev–Trinajstić information content (AvgIpc) is 3.37. The Morgan fingerprint density at radius 1 is 1.13 bits per heavy atom. The van der Waals surface area contributed by atoms with E-state index in [2.05, 4.69) is 29.1 Å². The Morgan fingerprint density at radius 2 is 1.94 bits per heavy atom. The number of fused-ring (bicyclic) bond motifs is 3. The van der Waals surface area contributed by atoms with E-state index in [4.69, 9.17) is 14.6 Å². The van der Waals surface area contributed by atoms with Crippen LogP contribution in [0.3, 0.4) is 0 Å². The van der Waals surface area contributed by atoms with Crippen molar-refractivity contribution in [1.82, 2.24) is 34.5 Å². The van der Waals surface area contributed by atoms with Crippen LogP contribution in [0.25, 0.3) is 16.7 Å². The van der Waals surface area contributed by atoms with Crippen LogP contribution >= 0.6 is 0 Å². The molecule has 0 saturated heterocycles. The number of nitrogens with zero attached hydrogens (tertiary/aromatic N) is 7. The van der Waals surface area contributed by atoms with Crippen molar-refractivity contribution in [3.63, 3.8) is 0 Å². The van der Waals surface area contributed by atoms with Crippen LogP contribution in [0.15, 0.2) is 17.0 Å². The van der Waals surface area contributed by atoms with Gasteiger partial charge in [0, 0.05) is 24.4 Å². The van der Waals surface area contributed by atoms with Crippen molar-refractivity contribution < 1.29 is 4.52 Å². The highest BCUT2D eigenvalue weighted by Crippen LogP contribution is 2.67. The minimum Gasteiger partial charge on any atom is -0.361 e. The van der Waals surface area contributed by atoms with Crippen LogP contribution in [0.5, 0.6) is 0 Å². The van der Waals surface area contributed by atoms with Crippen molar-refractivity contribution in [2.75, 3.05) is 0 Å². The quantitative estimate of drug-likeness (QED) is 0.505. The maximum absolute atomic E-state index is 5.63. The molecule has 0 spiro atoms. The van der Waals surface area contributed by atoms with E-state index in [9.17, 15) is 0 Å². The number of hydrogen-bond acceptors (Lipinski definition) is 6. The molecule has 4 fully saturated rings. The first-order valence-electron chi connectivity index (χ1n) is 11.4. The molecule has 8 rings (SSSR count). The standard InChI is InChI=1S/C23H27N7O/c1-13-19(14(2)31-28-13)23-7-15-4-16(8-23)6-22(5-15,11-23)9-18-26-21-17-10-25-29(3)20(17)24-12-30(21)27-18/h10,12,15-16H,4-9,11H2,1-3H3/t15-,16-,22?,23?/m0/s1. The number of aromatic nitrogens is 7. The third-order valence-electron chi connectivity index (χ3n) is 8.39. The summed E-state index contributed by atoms with van der Waals surface area (Å²) in [5, 5.41) is 14.5. The summed E-state index contributed by atoms with van der Waals surface area (Å²) < 4.78 is 9.24. The van der Waals surface area contributed by atoms with Gasteiger partial charge in [-0.2, -0.15) is 5.10 Å². The van der Waals surface area contributed by atoms with E-state index in [0.29, 0.717) is 0 Å². The number of aryl methyl sites for hydroxylation is 3. The van der Waals surface area contributed by atoms with Gasteiger partial charge in [-0.15, -0.1) is 5.10 Å². The summed E-state index contributed by atoms with van der Waals surface area (Å²) in [4.78, 5) is 9.50. The molecule has 4 saturated carbocycles. The smallest absolute Gasteiger partial charge is 0.170 e. The van der Waals surface area contributed by atoms with Crippen LogP contribution in [0.2, 0.25) is 0 Å². The van der Waals surface area contributed by atoms with Crippen LogP contribution in [-0.2, 0) is 18.9 Å². The van der Waals surface area contributed by atoms with Gasteiger partial charge in [-0.3, -0.25) is 4.68 Å². The fraction of sp³-hybridized carbons (Fsp3) is 0.609. The highest BCUT2D eigenvalue weighted by molar-refractivity contribution is 5.88. The molecule has 160 valence electrons. The third-order valence-corrected chi connectivity index (χ3v) is 8.39. The van der Waals surface area contributed by atoms with E-state index in [1.165, 1.54) is 44.1 Å². The Balaban J connectivity index is 1.30. The summed E-state index contributed by atoms with van der Waals surface area (Å²) in [6, 6.07) is 0. The van der Waals surface area contributed by atoms with Gasteiger partial charge >= 0.3 is 0 Å². The Labute approximate surface area is 180 Å². The molecule has 8 nitrogen and oxygen atoms in total. The van der Waals surface area contributed by atoms with Gasteiger partial charge in [0.2, 0.25) is 0 Å². The van der Waals surface area contributed by atoms with Crippen LogP contribution in [0.1, 0.15) is 61.4 Å². The second-order valence-corrected chi connectivity index (χ2v) is 10.7. The van der Waals surface area contributed by atoms with E-state index in [0.717, 1.165) is 52.2 Å². The van der Waals surface area contributed by atoms with Gasteiger partial charge in [-0.05, 0) is 69.6 Å². The van der Waals surface area contributed by atoms with Gasteiger partial charge in [0.05, 0.1) is 17.3 Å². The molecule has 2 atom stereocenters. The fourth-order valence-electron chi connectivity index (χ4n) is 8.08. The largest absolute Gasteiger partial charge is 0.361 e. The molecule has 4 aliphatic rings. The van der Waals surface area contributed by atoms with Crippen molar-refractivity contribution in [3.05, 3.63) is 35.4 Å². The van der Waals surface area contributed by atoms with Gasteiger partial charge in [0.1, 0.15) is 12.1 Å². The normalized spacial score (nSPS) is 32.0. The van der Waals surface area contributed by atoms with E-state index >= 15 is 0 Å². The van der Waals surface area contributed by atoms with Gasteiger partial charge in [-0.1, -0.05) is 5.16 Å². The molecule has 4 bridgehead atoms. The summed E-state index contributed by atoms with van der Waals surface area (Å²) in [6.45, 7) is 4.21. The average molecular weight is 418 g/mol. The zero-order chi connectivity index (χ0) is 21.0. The van der Waals surface area contributed by atoms with E-state index < -0.39 is 0 Å². The number of hydrogen-bond donors (Lipinski definition) is 0. The summed E-state index contributed by atoms with van der Waals surface area (Å²) in [6.07, 6.45) is 12.3. The van der Waals surface area contributed by atoms with Crippen LogP contribution in [0, 0.1) is 31.1 Å². The van der Waals surface area contributed by atoms with Crippen LogP contribution in [0.4, 0.5) is 0 Å². The van der Waals surface area contributed by atoms with Crippen molar-refractivity contribution in [1.29, 1.82) is 0 Å². The Hall–Kier alpha value is -2.77. The molecule has 0 aromatic carbocycles. The Bertz CT molecular complexity index is 1310. The fourth-order valence-corrected chi connectivity index (χ4v) is 8.08. The summed E-state index contributed by atoms with van der Waals surface area (Å²) >= 11 is 0. The first-order valence-corrected chi connectivity index (χ1v) is 11.4. The molecule has 0 radical (unpaired) electrons. The monoisotopic (exact) mass is 417 g/mol. The van der Waals surface area contributed by atoms with E-state index in [1.54, 1.807) is 11.0 Å². The van der Waals surface area contributed by atoms with Gasteiger partial charge in [-0.25, -0.2) is 14.5 Å². The third kappa shape index (κ3) is 2.39. The first kappa shape index (κ1) is 17.9. The van der Waals surface area contributed by atoms with Gasteiger partial charge in [0.15, 0.2) is 17.1 Å². The molecule has 0 N–H and O–H groups in total. The number of rotatable bonds is 3. The molecule has 4 aromatic rings. The second-order valence-electron chi connectivity index (χ2n) is 10.7. The zero-order valence-electron chi connectivity index (χ0n) is 18.3. The topological polar surface area (TPSA) is 86.9 Å². The molecular formula is C23H27N7O. The lowest BCUT2D eigenvalue weighted by molar-refractivity contribution is -0.0731.